The predicted molar refractivity (Wildman–Crippen MR) is 115 cm³/mol. The minimum atomic E-state index is -0.269. The lowest BCUT2D eigenvalue weighted by Gasteiger charge is -2.06. The summed E-state index contributed by atoms with van der Waals surface area (Å²) in [7, 11) is 0. The summed E-state index contributed by atoms with van der Waals surface area (Å²) >= 11 is 1.34. The van der Waals surface area contributed by atoms with Crippen LogP contribution in [0.4, 0.5) is 5.13 Å². The van der Waals surface area contributed by atoms with E-state index in [1.165, 1.54) is 16.9 Å². The van der Waals surface area contributed by atoms with E-state index in [1.54, 1.807) is 18.5 Å². The zero-order chi connectivity index (χ0) is 20.5. The Hall–Kier alpha value is -3.13. The van der Waals surface area contributed by atoms with Gasteiger partial charge in [-0.05, 0) is 31.4 Å². The number of carbonyl (C=O) groups excluding carboxylic acids is 1. The highest BCUT2D eigenvalue weighted by Crippen LogP contribution is 2.28. The average Bonchev–Trinajstić information content (AvgIpc) is 3.34. The largest absolute Gasteiger partial charge is 0.296 e. The summed E-state index contributed by atoms with van der Waals surface area (Å²) in [6.07, 6.45) is 3.29. The van der Waals surface area contributed by atoms with E-state index in [0.29, 0.717) is 16.6 Å². The fraction of sp³-hybridized carbons (Fsp3) is 0.286. The number of benzene rings is 1. The van der Waals surface area contributed by atoms with Crippen LogP contribution in [-0.4, -0.2) is 30.9 Å². The first-order valence-electron chi connectivity index (χ1n) is 9.51. The molecule has 3 heterocycles. The number of nitrogens with one attached hydrogen (secondary N) is 1. The molecule has 1 amide bonds. The number of nitrogens with zero attached hydrogens (tertiary/aromatic N) is 5. The van der Waals surface area contributed by atoms with Gasteiger partial charge in [-0.15, -0.1) is 10.2 Å². The monoisotopic (exact) mass is 406 g/mol. The topological polar surface area (TPSA) is 85.6 Å². The molecule has 3 aromatic heterocycles. The summed E-state index contributed by atoms with van der Waals surface area (Å²) < 4.78 is 1.83. The SMILES string of the molecule is CC(C)c1ccc(-c2nnc(NC(=O)c3cnc4c(cnn4C(C)C)c3)s2)cc1. The Kier molecular flexibility index (Phi) is 5.10. The molecule has 29 heavy (non-hydrogen) atoms. The van der Waals surface area contributed by atoms with Crippen LogP contribution in [0.15, 0.2) is 42.7 Å². The number of anilines is 1. The van der Waals surface area contributed by atoms with Crippen molar-refractivity contribution in [3.05, 3.63) is 53.9 Å². The van der Waals surface area contributed by atoms with Crippen molar-refractivity contribution in [3.63, 3.8) is 0 Å². The first kappa shape index (κ1) is 19.2. The highest BCUT2D eigenvalue weighted by molar-refractivity contribution is 7.18. The van der Waals surface area contributed by atoms with Crippen molar-refractivity contribution in [1.29, 1.82) is 0 Å². The van der Waals surface area contributed by atoms with Crippen LogP contribution in [0.3, 0.4) is 0 Å². The number of rotatable bonds is 5. The molecule has 1 N–H and O–H groups in total. The molecule has 4 aromatic rings. The zero-order valence-corrected chi connectivity index (χ0v) is 17.6. The van der Waals surface area contributed by atoms with Crippen LogP contribution in [0.5, 0.6) is 0 Å². The van der Waals surface area contributed by atoms with Crippen LogP contribution < -0.4 is 5.32 Å². The molecule has 0 radical (unpaired) electrons. The number of carbonyl (C=O) groups is 1. The van der Waals surface area contributed by atoms with E-state index in [2.05, 4.69) is 51.6 Å². The Morgan fingerprint density at radius 3 is 2.52 bits per heavy atom. The molecule has 0 aliphatic heterocycles. The van der Waals surface area contributed by atoms with Crippen LogP contribution in [0, 0.1) is 0 Å². The number of amides is 1. The molecular weight excluding hydrogens is 384 g/mol. The van der Waals surface area contributed by atoms with Crippen LogP contribution >= 0.6 is 11.3 Å². The number of fused-ring (bicyclic) bond motifs is 1. The fourth-order valence-electron chi connectivity index (χ4n) is 3.01. The van der Waals surface area contributed by atoms with Gasteiger partial charge in [-0.3, -0.25) is 10.1 Å². The van der Waals surface area contributed by atoms with E-state index in [0.717, 1.165) is 21.6 Å². The second-order valence-electron chi connectivity index (χ2n) is 7.46. The van der Waals surface area contributed by atoms with E-state index in [-0.39, 0.29) is 11.9 Å². The van der Waals surface area contributed by atoms with Gasteiger partial charge in [0.15, 0.2) is 5.65 Å². The summed E-state index contributed by atoms with van der Waals surface area (Å²) in [5.41, 5.74) is 3.48. The van der Waals surface area contributed by atoms with Gasteiger partial charge < -0.3 is 0 Å². The van der Waals surface area contributed by atoms with E-state index in [4.69, 9.17) is 0 Å². The predicted octanol–water partition coefficient (Wildman–Crippen LogP) is 4.91. The molecule has 7 nitrogen and oxygen atoms in total. The maximum absolute atomic E-state index is 12.6. The molecule has 0 fully saturated rings. The Labute approximate surface area is 172 Å². The van der Waals surface area contributed by atoms with Gasteiger partial charge in [0.05, 0.1) is 11.8 Å². The Bertz CT molecular complexity index is 1160. The Balaban J connectivity index is 1.51. The third-order valence-electron chi connectivity index (χ3n) is 4.65. The lowest BCUT2D eigenvalue weighted by molar-refractivity contribution is 0.102. The van der Waals surface area contributed by atoms with Crippen LogP contribution in [0.25, 0.3) is 21.6 Å². The first-order valence-corrected chi connectivity index (χ1v) is 10.3. The molecule has 0 spiro atoms. The Morgan fingerprint density at radius 1 is 1.07 bits per heavy atom. The molecule has 8 heteroatoms. The summed E-state index contributed by atoms with van der Waals surface area (Å²) in [6, 6.07) is 10.2. The summed E-state index contributed by atoms with van der Waals surface area (Å²) in [4.78, 5) is 17.0. The fourth-order valence-corrected chi connectivity index (χ4v) is 3.76. The van der Waals surface area contributed by atoms with Gasteiger partial charge in [0.2, 0.25) is 5.13 Å². The molecule has 0 bridgehead atoms. The molecule has 0 unspecified atom stereocenters. The van der Waals surface area contributed by atoms with Gasteiger partial charge in [0.1, 0.15) is 5.01 Å². The van der Waals surface area contributed by atoms with Gasteiger partial charge in [0, 0.05) is 23.2 Å². The van der Waals surface area contributed by atoms with Gasteiger partial charge in [-0.1, -0.05) is 49.4 Å². The summed E-state index contributed by atoms with van der Waals surface area (Å²) in [6.45, 7) is 8.40. The number of hydrogen-bond donors (Lipinski definition) is 1. The van der Waals surface area contributed by atoms with Crippen molar-refractivity contribution in [3.8, 4) is 10.6 Å². The molecule has 0 aliphatic carbocycles. The lowest BCUT2D eigenvalue weighted by Crippen LogP contribution is -2.12. The third-order valence-corrected chi connectivity index (χ3v) is 5.54. The lowest BCUT2D eigenvalue weighted by atomic mass is 10.0. The average molecular weight is 407 g/mol. The van der Waals surface area contributed by atoms with E-state index < -0.39 is 0 Å². The summed E-state index contributed by atoms with van der Waals surface area (Å²) in [5, 5.41) is 17.5. The van der Waals surface area contributed by atoms with Crippen LogP contribution in [-0.2, 0) is 0 Å². The molecule has 0 saturated heterocycles. The minimum absolute atomic E-state index is 0.203. The highest BCUT2D eigenvalue weighted by Gasteiger charge is 2.14. The number of hydrogen-bond acceptors (Lipinski definition) is 6. The Morgan fingerprint density at radius 2 is 1.83 bits per heavy atom. The normalized spacial score (nSPS) is 11.5. The maximum Gasteiger partial charge on any atom is 0.259 e. The third kappa shape index (κ3) is 3.88. The smallest absolute Gasteiger partial charge is 0.259 e. The van der Waals surface area contributed by atoms with Crippen molar-refractivity contribution in [1.82, 2.24) is 25.0 Å². The molecule has 1 aromatic carbocycles. The molecule has 0 saturated carbocycles. The molecule has 0 aliphatic rings. The van der Waals surface area contributed by atoms with Crippen molar-refractivity contribution in [2.24, 2.45) is 0 Å². The molecule has 4 rings (SSSR count). The standard InChI is InChI=1S/C21H22N6OS/c1-12(2)14-5-7-15(8-6-14)20-25-26-21(29-20)24-19(28)17-9-16-11-23-27(13(3)4)18(16)22-10-17/h5-13H,1-4H3,(H,24,26,28). The molecule has 148 valence electrons. The van der Waals surface area contributed by atoms with Crippen LogP contribution in [0.1, 0.15) is 55.6 Å². The maximum atomic E-state index is 12.6. The van der Waals surface area contributed by atoms with Gasteiger partial charge in [-0.2, -0.15) is 5.10 Å². The number of aromatic nitrogens is 5. The quantitative estimate of drug-likeness (QED) is 0.509. The molecule has 0 atom stereocenters. The number of pyridine rings is 1. The first-order chi connectivity index (χ1) is 13.9. The second-order valence-corrected chi connectivity index (χ2v) is 8.44. The van der Waals surface area contributed by atoms with Crippen LogP contribution in [0.2, 0.25) is 0 Å². The molecular formula is C21H22N6OS. The van der Waals surface area contributed by atoms with Crippen molar-refractivity contribution in [2.75, 3.05) is 5.32 Å². The van der Waals surface area contributed by atoms with E-state index in [1.807, 2.05) is 30.7 Å². The second kappa shape index (κ2) is 7.71. The summed E-state index contributed by atoms with van der Waals surface area (Å²) in [5.74, 6) is 0.210. The zero-order valence-electron chi connectivity index (χ0n) is 16.7. The van der Waals surface area contributed by atoms with Gasteiger partial charge in [0.25, 0.3) is 5.91 Å². The van der Waals surface area contributed by atoms with Gasteiger partial charge >= 0.3 is 0 Å². The highest BCUT2D eigenvalue weighted by atomic mass is 32.1. The van der Waals surface area contributed by atoms with Crippen molar-refractivity contribution in [2.45, 2.75) is 39.7 Å². The minimum Gasteiger partial charge on any atom is -0.296 e. The van der Waals surface area contributed by atoms with Gasteiger partial charge in [-0.25, -0.2) is 9.67 Å². The van der Waals surface area contributed by atoms with E-state index in [9.17, 15) is 4.79 Å². The van der Waals surface area contributed by atoms with Crippen molar-refractivity contribution >= 4 is 33.4 Å². The van der Waals surface area contributed by atoms with Crippen molar-refractivity contribution < 1.29 is 4.79 Å². The van der Waals surface area contributed by atoms with E-state index >= 15 is 0 Å².